The Morgan fingerprint density at radius 1 is 1.03 bits per heavy atom. The molecular formula is C26H27N5O4S. The molecule has 9 nitrogen and oxygen atoms in total. The van der Waals surface area contributed by atoms with Gasteiger partial charge >= 0.3 is 6.03 Å². The topological polar surface area (TPSA) is 123 Å². The Kier molecular flexibility index (Phi) is 7.16. The van der Waals surface area contributed by atoms with E-state index in [1.54, 1.807) is 0 Å². The summed E-state index contributed by atoms with van der Waals surface area (Å²) in [6.45, 7) is 6.26. The molecule has 2 heterocycles. The van der Waals surface area contributed by atoms with Crippen LogP contribution in [0.2, 0.25) is 0 Å². The molecule has 2 N–H and O–H groups in total. The fourth-order valence-electron chi connectivity index (χ4n) is 4.03. The van der Waals surface area contributed by atoms with Gasteiger partial charge in [-0.15, -0.1) is 0 Å². The lowest BCUT2D eigenvalue weighted by Gasteiger charge is -2.11. The van der Waals surface area contributed by atoms with Crippen molar-refractivity contribution in [3.8, 4) is 5.69 Å². The molecular weight excluding hydrogens is 478 g/mol. The zero-order valence-corrected chi connectivity index (χ0v) is 21.1. The molecule has 0 aliphatic heterocycles. The van der Waals surface area contributed by atoms with Gasteiger partial charge in [0.15, 0.2) is 0 Å². The van der Waals surface area contributed by atoms with Gasteiger partial charge < -0.3 is 5.32 Å². The number of amides is 2. The third kappa shape index (κ3) is 5.28. The number of sulfonamides is 1. The highest BCUT2D eigenvalue weighted by Crippen LogP contribution is 2.24. The van der Waals surface area contributed by atoms with Crippen LogP contribution in [-0.4, -0.2) is 41.8 Å². The molecule has 2 amide bonds. The minimum atomic E-state index is -4.03. The molecule has 0 aliphatic carbocycles. The maximum Gasteiger partial charge on any atom is 0.328 e. The molecule has 0 fully saturated rings. The first-order valence-electron chi connectivity index (χ1n) is 11.5. The molecule has 0 unspecified atom stereocenters. The summed E-state index contributed by atoms with van der Waals surface area (Å²) in [5.74, 6) is 0.952. The summed E-state index contributed by atoms with van der Waals surface area (Å²) in [6.07, 6.45) is 1.91. The lowest BCUT2D eigenvalue weighted by atomic mass is 10.1. The Balaban J connectivity index is 1.40. The van der Waals surface area contributed by atoms with E-state index in [4.69, 9.17) is 4.98 Å². The standard InChI is InChI=1S/C26H27N5O4S/c1-4-24-29-25-18(3)28-17(2)15-23(25)31(24)21-9-5-19(6-10-21)13-14-27-26(33)30-36(34,35)22-11-7-20(16-32)8-12-22/h5-12,15-16H,4,13-14H2,1-3H3,(H2,27,30,33). The van der Waals surface area contributed by atoms with Crippen LogP contribution in [0.3, 0.4) is 0 Å². The van der Waals surface area contributed by atoms with Crippen LogP contribution in [0.15, 0.2) is 59.5 Å². The maximum absolute atomic E-state index is 12.3. The largest absolute Gasteiger partial charge is 0.337 e. The van der Waals surface area contributed by atoms with Gasteiger partial charge in [-0.05, 0) is 56.2 Å². The van der Waals surface area contributed by atoms with Crippen molar-refractivity contribution in [3.05, 3.63) is 82.9 Å². The predicted molar refractivity (Wildman–Crippen MR) is 137 cm³/mol. The minimum Gasteiger partial charge on any atom is -0.337 e. The van der Waals surface area contributed by atoms with Gasteiger partial charge in [-0.25, -0.2) is 22.9 Å². The van der Waals surface area contributed by atoms with Gasteiger partial charge in [-0.2, -0.15) is 0 Å². The third-order valence-corrected chi connectivity index (χ3v) is 7.13. The van der Waals surface area contributed by atoms with Crippen LogP contribution in [0.5, 0.6) is 0 Å². The van der Waals surface area contributed by atoms with E-state index < -0.39 is 16.1 Å². The number of benzene rings is 2. The van der Waals surface area contributed by atoms with Gasteiger partial charge in [-0.1, -0.05) is 31.2 Å². The summed E-state index contributed by atoms with van der Waals surface area (Å²) in [5, 5.41) is 2.57. The number of urea groups is 1. The van der Waals surface area contributed by atoms with E-state index in [-0.39, 0.29) is 11.4 Å². The number of nitrogens with zero attached hydrogens (tertiary/aromatic N) is 3. The van der Waals surface area contributed by atoms with Crippen LogP contribution < -0.4 is 10.0 Å². The average Bonchev–Trinajstić information content (AvgIpc) is 3.23. The van der Waals surface area contributed by atoms with Crippen LogP contribution in [0, 0.1) is 13.8 Å². The first-order chi connectivity index (χ1) is 17.2. The number of carbonyl (C=O) groups excluding carboxylic acids is 2. The number of carbonyl (C=O) groups is 2. The molecule has 2 aromatic heterocycles. The Morgan fingerprint density at radius 3 is 2.36 bits per heavy atom. The highest BCUT2D eigenvalue weighted by molar-refractivity contribution is 7.90. The molecule has 0 saturated heterocycles. The first-order valence-corrected chi connectivity index (χ1v) is 13.0. The zero-order valence-electron chi connectivity index (χ0n) is 20.3. The van der Waals surface area contributed by atoms with Crippen molar-refractivity contribution in [2.24, 2.45) is 0 Å². The number of nitrogens with one attached hydrogen (secondary N) is 2. The van der Waals surface area contributed by atoms with Crippen molar-refractivity contribution in [1.29, 1.82) is 0 Å². The van der Waals surface area contributed by atoms with E-state index in [1.807, 2.05) is 48.9 Å². The van der Waals surface area contributed by atoms with E-state index in [9.17, 15) is 18.0 Å². The normalized spacial score (nSPS) is 11.4. The average molecular weight is 506 g/mol. The summed E-state index contributed by atoms with van der Waals surface area (Å²) >= 11 is 0. The molecule has 0 aliphatic rings. The summed E-state index contributed by atoms with van der Waals surface area (Å²) in [7, 11) is -4.03. The maximum atomic E-state index is 12.3. The number of rotatable bonds is 8. The van der Waals surface area contributed by atoms with Crippen molar-refractivity contribution < 1.29 is 18.0 Å². The molecule has 0 spiro atoms. The summed E-state index contributed by atoms with van der Waals surface area (Å²) < 4.78 is 28.8. The van der Waals surface area contributed by atoms with E-state index in [2.05, 4.69) is 21.8 Å². The Bertz CT molecular complexity index is 1530. The van der Waals surface area contributed by atoms with Crippen molar-refractivity contribution >= 4 is 33.4 Å². The van der Waals surface area contributed by atoms with Crippen LogP contribution in [0.1, 0.15) is 40.1 Å². The van der Waals surface area contributed by atoms with Crippen LogP contribution in [0.25, 0.3) is 16.7 Å². The smallest absolute Gasteiger partial charge is 0.328 e. The van der Waals surface area contributed by atoms with Crippen LogP contribution in [0.4, 0.5) is 4.79 Å². The minimum absolute atomic E-state index is 0.0986. The third-order valence-electron chi connectivity index (χ3n) is 5.78. The highest BCUT2D eigenvalue weighted by atomic mass is 32.2. The van der Waals surface area contributed by atoms with Crippen LogP contribution in [-0.2, 0) is 22.9 Å². The van der Waals surface area contributed by atoms with Gasteiger partial charge in [0.05, 0.1) is 16.1 Å². The molecule has 0 saturated carbocycles. The Hall–Kier alpha value is -4.05. The molecule has 36 heavy (non-hydrogen) atoms. The number of hydrogen-bond donors (Lipinski definition) is 2. The number of aromatic nitrogens is 3. The second-order valence-corrected chi connectivity index (χ2v) is 10.1. The second-order valence-electron chi connectivity index (χ2n) is 8.40. The SMILES string of the molecule is CCc1nc2c(C)nc(C)cc2n1-c1ccc(CCNC(=O)NS(=O)(=O)c2ccc(C=O)cc2)cc1. The van der Waals surface area contributed by atoms with E-state index in [0.717, 1.165) is 45.9 Å². The monoisotopic (exact) mass is 505 g/mol. The molecule has 0 atom stereocenters. The fourth-order valence-corrected chi connectivity index (χ4v) is 4.96. The molecule has 0 radical (unpaired) electrons. The van der Waals surface area contributed by atoms with Gasteiger partial charge in [0.1, 0.15) is 17.6 Å². The number of hydrogen-bond acceptors (Lipinski definition) is 6. The molecule has 186 valence electrons. The number of aryl methyl sites for hydroxylation is 3. The molecule has 4 aromatic rings. The van der Waals surface area contributed by atoms with Crippen molar-refractivity contribution in [1.82, 2.24) is 24.6 Å². The van der Waals surface area contributed by atoms with E-state index in [1.165, 1.54) is 24.3 Å². The van der Waals surface area contributed by atoms with Crippen molar-refractivity contribution in [3.63, 3.8) is 0 Å². The van der Waals surface area contributed by atoms with Crippen molar-refractivity contribution in [2.45, 2.75) is 38.5 Å². The lowest BCUT2D eigenvalue weighted by molar-refractivity contribution is 0.112. The summed E-state index contributed by atoms with van der Waals surface area (Å²) in [6, 6.07) is 14.5. The molecule has 2 aromatic carbocycles. The number of pyridine rings is 1. The van der Waals surface area contributed by atoms with Crippen LogP contribution >= 0.6 is 0 Å². The number of aldehydes is 1. The Labute approximate surface area is 209 Å². The summed E-state index contributed by atoms with van der Waals surface area (Å²) in [5.41, 5.74) is 6.07. The van der Waals surface area contributed by atoms with Gasteiger partial charge in [0.25, 0.3) is 10.0 Å². The lowest BCUT2D eigenvalue weighted by Crippen LogP contribution is -2.40. The van der Waals surface area contributed by atoms with E-state index in [0.29, 0.717) is 18.3 Å². The quantitative estimate of drug-likeness (QED) is 0.353. The molecule has 4 rings (SSSR count). The summed E-state index contributed by atoms with van der Waals surface area (Å²) in [4.78, 5) is 32.1. The van der Waals surface area contributed by atoms with Crippen molar-refractivity contribution in [2.75, 3.05) is 6.54 Å². The van der Waals surface area contributed by atoms with Gasteiger partial charge in [0.2, 0.25) is 0 Å². The first kappa shape index (κ1) is 25.1. The second kappa shape index (κ2) is 10.3. The number of fused-ring (bicyclic) bond motifs is 1. The van der Waals surface area contributed by atoms with Gasteiger partial charge in [0, 0.05) is 29.9 Å². The number of imidazole rings is 1. The molecule has 10 heteroatoms. The predicted octanol–water partition coefficient (Wildman–Crippen LogP) is 3.64. The molecule has 0 bridgehead atoms. The van der Waals surface area contributed by atoms with E-state index >= 15 is 0 Å². The van der Waals surface area contributed by atoms with Gasteiger partial charge in [-0.3, -0.25) is 14.3 Å². The zero-order chi connectivity index (χ0) is 25.9. The fraction of sp³-hybridized carbons (Fsp3) is 0.231. The highest BCUT2D eigenvalue weighted by Gasteiger charge is 2.17. The Morgan fingerprint density at radius 2 is 1.72 bits per heavy atom.